The van der Waals surface area contributed by atoms with E-state index in [1.165, 1.54) is 21.3 Å². The number of nitrogens with one attached hydrogen (secondary N) is 1. The number of benzene rings is 2. The Bertz CT molecular complexity index is 1100. The van der Waals surface area contributed by atoms with Gasteiger partial charge in [-0.1, -0.05) is 38.1 Å². The zero-order valence-corrected chi connectivity index (χ0v) is 22.6. The second-order valence-corrected chi connectivity index (χ2v) is 11.0. The van der Waals surface area contributed by atoms with E-state index in [-0.39, 0.29) is 49.6 Å². The van der Waals surface area contributed by atoms with Crippen molar-refractivity contribution in [3.8, 4) is 0 Å². The van der Waals surface area contributed by atoms with Gasteiger partial charge in [0, 0.05) is 25.6 Å². The predicted molar refractivity (Wildman–Crippen MR) is 142 cm³/mol. The fraction of sp³-hybridized carbons (Fsp3) is 0.481. The standard InChI is InChI=1S/C27H38FN3O4S/c1-6-20(3)29-27(33)21(4)30(19-23-10-14-24(28)15-11-23)26(32)9-8-18-31(36(5,34)35)25-16-12-22(7-2)13-17-25/h10-17,20-21H,6-9,18-19H2,1-5H3,(H,29,33). The molecule has 7 nitrogen and oxygen atoms in total. The van der Waals surface area contributed by atoms with Gasteiger partial charge in [-0.3, -0.25) is 13.9 Å². The smallest absolute Gasteiger partial charge is 0.242 e. The summed E-state index contributed by atoms with van der Waals surface area (Å²) in [5, 5.41) is 2.90. The molecule has 2 unspecified atom stereocenters. The number of hydrogen-bond donors (Lipinski definition) is 1. The number of sulfonamides is 1. The first-order valence-electron chi connectivity index (χ1n) is 12.4. The van der Waals surface area contributed by atoms with E-state index in [0.29, 0.717) is 11.3 Å². The maximum Gasteiger partial charge on any atom is 0.242 e. The lowest BCUT2D eigenvalue weighted by Gasteiger charge is -2.30. The summed E-state index contributed by atoms with van der Waals surface area (Å²) in [6, 6.07) is 12.3. The molecular weight excluding hydrogens is 481 g/mol. The van der Waals surface area contributed by atoms with Gasteiger partial charge in [0.05, 0.1) is 11.9 Å². The number of carbonyl (C=O) groups excluding carboxylic acids is 2. The number of anilines is 1. The van der Waals surface area contributed by atoms with E-state index < -0.39 is 16.1 Å². The first kappa shape index (κ1) is 29.3. The van der Waals surface area contributed by atoms with Crippen LogP contribution in [-0.2, 0) is 32.6 Å². The number of rotatable bonds is 13. The van der Waals surface area contributed by atoms with Gasteiger partial charge < -0.3 is 10.2 Å². The van der Waals surface area contributed by atoms with Gasteiger partial charge >= 0.3 is 0 Å². The van der Waals surface area contributed by atoms with Crippen LogP contribution in [0.15, 0.2) is 48.5 Å². The maximum absolute atomic E-state index is 13.4. The lowest BCUT2D eigenvalue weighted by molar-refractivity contribution is -0.140. The summed E-state index contributed by atoms with van der Waals surface area (Å²) in [4.78, 5) is 27.5. The maximum atomic E-state index is 13.4. The van der Waals surface area contributed by atoms with Crippen LogP contribution in [0, 0.1) is 5.82 Å². The minimum atomic E-state index is -3.55. The number of nitrogens with zero attached hydrogens (tertiary/aromatic N) is 2. The Balaban J connectivity index is 2.16. The molecular formula is C27H38FN3O4S. The molecule has 0 bridgehead atoms. The summed E-state index contributed by atoms with van der Waals surface area (Å²) in [5.41, 5.74) is 2.34. The van der Waals surface area contributed by atoms with Crippen molar-refractivity contribution in [2.24, 2.45) is 0 Å². The van der Waals surface area contributed by atoms with Crippen molar-refractivity contribution < 1.29 is 22.4 Å². The molecule has 0 aliphatic rings. The molecule has 2 aromatic rings. The Kier molecular flexibility index (Phi) is 10.9. The van der Waals surface area contributed by atoms with E-state index in [1.807, 2.05) is 32.9 Å². The van der Waals surface area contributed by atoms with Gasteiger partial charge in [-0.2, -0.15) is 0 Å². The lowest BCUT2D eigenvalue weighted by Crippen LogP contribution is -2.49. The molecule has 0 spiro atoms. The highest BCUT2D eigenvalue weighted by molar-refractivity contribution is 7.92. The van der Waals surface area contributed by atoms with Crippen molar-refractivity contribution in [1.82, 2.24) is 10.2 Å². The zero-order chi connectivity index (χ0) is 26.9. The van der Waals surface area contributed by atoms with E-state index in [0.717, 1.165) is 24.7 Å². The summed E-state index contributed by atoms with van der Waals surface area (Å²) in [7, 11) is -3.55. The van der Waals surface area contributed by atoms with Crippen molar-refractivity contribution in [2.45, 2.75) is 72.0 Å². The Morgan fingerprint density at radius 2 is 1.56 bits per heavy atom. The lowest BCUT2D eigenvalue weighted by atomic mass is 10.1. The van der Waals surface area contributed by atoms with Gasteiger partial charge in [0.1, 0.15) is 11.9 Å². The molecule has 0 fully saturated rings. The van der Waals surface area contributed by atoms with Crippen LogP contribution in [0.3, 0.4) is 0 Å². The Hall–Kier alpha value is -2.94. The summed E-state index contributed by atoms with van der Waals surface area (Å²) < 4.78 is 39.5. The highest BCUT2D eigenvalue weighted by Crippen LogP contribution is 2.20. The van der Waals surface area contributed by atoms with Gasteiger partial charge in [-0.05, 0) is 68.5 Å². The van der Waals surface area contributed by atoms with Gasteiger partial charge in [0.25, 0.3) is 0 Å². The Morgan fingerprint density at radius 3 is 2.08 bits per heavy atom. The molecule has 36 heavy (non-hydrogen) atoms. The zero-order valence-electron chi connectivity index (χ0n) is 21.8. The van der Waals surface area contributed by atoms with Gasteiger partial charge in [-0.25, -0.2) is 12.8 Å². The van der Waals surface area contributed by atoms with Gasteiger partial charge in [-0.15, -0.1) is 0 Å². The van der Waals surface area contributed by atoms with Crippen LogP contribution >= 0.6 is 0 Å². The summed E-state index contributed by atoms with van der Waals surface area (Å²) in [5.74, 6) is -0.929. The minimum absolute atomic E-state index is 0.0369. The molecule has 2 amide bonds. The van der Waals surface area contributed by atoms with Gasteiger partial charge in [0.2, 0.25) is 21.8 Å². The molecule has 0 aromatic heterocycles. The SMILES string of the molecule is CCc1ccc(N(CCCC(=O)N(Cc2ccc(F)cc2)C(C)C(=O)NC(C)CC)S(C)(=O)=O)cc1. The third kappa shape index (κ3) is 8.62. The average molecular weight is 520 g/mol. The van der Waals surface area contributed by atoms with E-state index >= 15 is 0 Å². The molecule has 0 aliphatic carbocycles. The van der Waals surface area contributed by atoms with Crippen molar-refractivity contribution in [3.05, 3.63) is 65.5 Å². The predicted octanol–water partition coefficient (Wildman–Crippen LogP) is 4.27. The van der Waals surface area contributed by atoms with Crippen LogP contribution < -0.4 is 9.62 Å². The molecule has 0 saturated heterocycles. The monoisotopic (exact) mass is 519 g/mol. The van der Waals surface area contributed by atoms with Crippen LogP contribution in [0.2, 0.25) is 0 Å². The molecule has 198 valence electrons. The van der Waals surface area contributed by atoms with E-state index in [9.17, 15) is 22.4 Å². The average Bonchev–Trinajstić information content (AvgIpc) is 2.85. The quantitative estimate of drug-likeness (QED) is 0.428. The molecule has 2 atom stereocenters. The van der Waals surface area contributed by atoms with Crippen molar-refractivity contribution in [3.63, 3.8) is 0 Å². The number of aryl methyl sites for hydroxylation is 1. The highest BCUT2D eigenvalue weighted by atomic mass is 32.2. The molecule has 0 radical (unpaired) electrons. The number of hydrogen-bond acceptors (Lipinski definition) is 4. The molecule has 1 N–H and O–H groups in total. The van der Waals surface area contributed by atoms with Crippen LogP contribution in [0.4, 0.5) is 10.1 Å². The molecule has 2 rings (SSSR count). The Labute approximate surface area is 214 Å². The van der Waals surface area contributed by atoms with E-state index in [1.54, 1.807) is 31.2 Å². The number of carbonyl (C=O) groups is 2. The van der Waals surface area contributed by atoms with Crippen molar-refractivity contribution in [2.75, 3.05) is 17.1 Å². The van der Waals surface area contributed by atoms with E-state index in [4.69, 9.17) is 0 Å². The number of halogens is 1. The van der Waals surface area contributed by atoms with E-state index in [2.05, 4.69) is 5.32 Å². The molecule has 0 heterocycles. The van der Waals surface area contributed by atoms with Gasteiger partial charge in [0.15, 0.2) is 0 Å². The second kappa shape index (κ2) is 13.4. The second-order valence-electron chi connectivity index (χ2n) is 9.10. The molecule has 0 saturated carbocycles. The van der Waals surface area contributed by atoms with Crippen LogP contribution in [0.1, 0.15) is 58.1 Å². The largest absolute Gasteiger partial charge is 0.352 e. The Morgan fingerprint density at radius 1 is 0.972 bits per heavy atom. The summed E-state index contributed by atoms with van der Waals surface area (Å²) in [6.45, 7) is 7.81. The molecule has 0 aliphatic heterocycles. The van der Waals surface area contributed by atoms with Crippen LogP contribution in [0.5, 0.6) is 0 Å². The normalized spacial score (nSPS) is 13.1. The minimum Gasteiger partial charge on any atom is -0.352 e. The van der Waals surface area contributed by atoms with Crippen molar-refractivity contribution in [1.29, 1.82) is 0 Å². The first-order chi connectivity index (χ1) is 17.0. The third-order valence-corrected chi connectivity index (χ3v) is 7.41. The molecule has 2 aromatic carbocycles. The number of amides is 2. The highest BCUT2D eigenvalue weighted by Gasteiger charge is 2.27. The fourth-order valence-corrected chi connectivity index (χ4v) is 4.70. The van der Waals surface area contributed by atoms with Crippen LogP contribution in [0.25, 0.3) is 0 Å². The third-order valence-electron chi connectivity index (χ3n) is 6.22. The van der Waals surface area contributed by atoms with Crippen molar-refractivity contribution >= 4 is 27.5 Å². The summed E-state index contributed by atoms with van der Waals surface area (Å²) in [6.07, 6.45) is 3.08. The van der Waals surface area contributed by atoms with Crippen LogP contribution in [-0.4, -0.2) is 50.0 Å². The first-order valence-corrected chi connectivity index (χ1v) is 14.2. The topological polar surface area (TPSA) is 86.8 Å². The summed E-state index contributed by atoms with van der Waals surface area (Å²) >= 11 is 0. The fourth-order valence-electron chi connectivity index (χ4n) is 3.74. The molecule has 9 heteroatoms.